The number of carboxylic acids is 1. The highest BCUT2D eigenvalue weighted by atomic mass is 16.4. The van der Waals surface area contributed by atoms with Crippen molar-refractivity contribution in [2.24, 2.45) is 11.8 Å². The summed E-state index contributed by atoms with van der Waals surface area (Å²) >= 11 is 0. The lowest BCUT2D eigenvalue weighted by Crippen LogP contribution is -2.43. The highest BCUT2D eigenvalue weighted by molar-refractivity contribution is 5.74. The Labute approximate surface area is 110 Å². The van der Waals surface area contributed by atoms with E-state index in [0.29, 0.717) is 25.4 Å². The van der Waals surface area contributed by atoms with Crippen LogP contribution in [0.5, 0.6) is 0 Å². The van der Waals surface area contributed by atoms with Gasteiger partial charge >= 0.3 is 12.0 Å². The van der Waals surface area contributed by atoms with Gasteiger partial charge in [-0.15, -0.1) is 0 Å². The van der Waals surface area contributed by atoms with Gasteiger partial charge in [-0.05, 0) is 25.2 Å². The van der Waals surface area contributed by atoms with Gasteiger partial charge in [0.2, 0.25) is 0 Å². The van der Waals surface area contributed by atoms with Crippen LogP contribution < -0.4 is 5.32 Å². The van der Waals surface area contributed by atoms with Gasteiger partial charge in [0.05, 0.1) is 0 Å². The Morgan fingerprint density at radius 1 is 1.28 bits per heavy atom. The summed E-state index contributed by atoms with van der Waals surface area (Å²) in [6, 6.07) is -0.0617. The molecule has 0 spiro atoms. The summed E-state index contributed by atoms with van der Waals surface area (Å²) in [5.74, 6) is -0.161. The molecular formula is C13H26N2O3. The topological polar surface area (TPSA) is 69.6 Å². The van der Waals surface area contributed by atoms with Gasteiger partial charge in [0.25, 0.3) is 0 Å². The number of carbonyl (C=O) groups excluding carboxylic acids is 1. The zero-order chi connectivity index (χ0) is 14.1. The lowest BCUT2D eigenvalue weighted by Gasteiger charge is -2.24. The van der Waals surface area contributed by atoms with E-state index in [1.54, 1.807) is 4.90 Å². The summed E-state index contributed by atoms with van der Waals surface area (Å²) in [7, 11) is 0. The fraction of sp³-hybridized carbons (Fsp3) is 0.846. The van der Waals surface area contributed by atoms with Crippen molar-refractivity contribution in [1.29, 1.82) is 0 Å². The molecule has 0 aromatic carbocycles. The van der Waals surface area contributed by atoms with Crippen LogP contribution in [0.1, 0.15) is 40.5 Å². The summed E-state index contributed by atoms with van der Waals surface area (Å²) < 4.78 is 0. The number of nitrogens with one attached hydrogen (secondary N) is 1. The van der Waals surface area contributed by atoms with Crippen molar-refractivity contribution >= 4 is 12.0 Å². The van der Waals surface area contributed by atoms with Crippen LogP contribution in [0.2, 0.25) is 0 Å². The molecule has 0 aromatic heterocycles. The van der Waals surface area contributed by atoms with E-state index in [4.69, 9.17) is 5.11 Å². The SMILES string of the molecule is CCN(CC(C)C)C(=O)NCC(C)CCC(=O)O. The largest absolute Gasteiger partial charge is 0.481 e. The van der Waals surface area contributed by atoms with E-state index in [2.05, 4.69) is 19.2 Å². The second-order valence-corrected chi connectivity index (χ2v) is 5.16. The van der Waals surface area contributed by atoms with Crippen molar-refractivity contribution in [2.45, 2.75) is 40.5 Å². The van der Waals surface area contributed by atoms with Crippen molar-refractivity contribution in [1.82, 2.24) is 10.2 Å². The number of hydrogen-bond acceptors (Lipinski definition) is 2. The molecule has 0 saturated heterocycles. The molecule has 0 rings (SSSR count). The molecular weight excluding hydrogens is 232 g/mol. The second-order valence-electron chi connectivity index (χ2n) is 5.16. The molecule has 2 amide bonds. The monoisotopic (exact) mass is 258 g/mol. The Kier molecular flexibility index (Phi) is 8.16. The first-order valence-corrected chi connectivity index (χ1v) is 6.61. The summed E-state index contributed by atoms with van der Waals surface area (Å²) in [5, 5.41) is 11.4. The van der Waals surface area contributed by atoms with Crippen LogP contribution in [0.15, 0.2) is 0 Å². The number of carboxylic acid groups (broad SMARTS) is 1. The molecule has 106 valence electrons. The van der Waals surface area contributed by atoms with Crippen molar-refractivity contribution < 1.29 is 14.7 Å². The van der Waals surface area contributed by atoms with Crippen molar-refractivity contribution in [3.8, 4) is 0 Å². The smallest absolute Gasteiger partial charge is 0.317 e. The number of amides is 2. The fourth-order valence-electron chi connectivity index (χ4n) is 1.64. The quantitative estimate of drug-likeness (QED) is 0.701. The zero-order valence-corrected chi connectivity index (χ0v) is 11.9. The van der Waals surface area contributed by atoms with Gasteiger partial charge in [-0.1, -0.05) is 20.8 Å². The standard InChI is InChI=1S/C13H26N2O3/c1-5-15(9-10(2)3)13(18)14-8-11(4)6-7-12(16)17/h10-11H,5-9H2,1-4H3,(H,14,18)(H,16,17). The first-order valence-electron chi connectivity index (χ1n) is 6.61. The van der Waals surface area contributed by atoms with E-state index >= 15 is 0 Å². The summed E-state index contributed by atoms with van der Waals surface area (Å²) in [5.41, 5.74) is 0. The molecule has 5 nitrogen and oxygen atoms in total. The van der Waals surface area contributed by atoms with E-state index in [9.17, 15) is 9.59 Å². The van der Waals surface area contributed by atoms with Crippen LogP contribution in [0.25, 0.3) is 0 Å². The second kappa shape index (κ2) is 8.78. The van der Waals surface area contributed by atoms with Crippen LogP contribution in [0, 0.1) is 11.8 Å². The van der Waals surface area contributed by atoms with Crippen molar-refractivity contribution in [3.63, 3.8) is 0 Å². The first kappa shape index (κ1) is 16.7. The predicted octanol–water partition coefficient (Wildman–Crippen LogP) is 2.17. The number of hydrogen-bond donors (Lipinski definition) is 2. The van der Waals surface area contributed by atoms with Gasteiger partial charge in [0.1, 0.15) is 0 Å². The normalized spacial score (nSPS) is 12.3. The van der Waals surface area contributed by atoms with Crippen LogP contribution in [0.3, 0.4) is 0 Å². The molecule has 0 fully saturated rings. The number of nitrogens with zero attached hydrogens (tertiary/aromatic N) is 1. The molecule has 18 heavy (non-hydrogen) atoms. The van der Waals surface area contributed by atoms with Crippen LogP contribution >= 0.6 is 0 Å². The summed E-state index contributed by atoms with van der Waals surface area (Å²) in [6.45, 7) is 10.0. The molecule has 0 aliphatic rings. The Hall–Kier alpha value is -1.26. The van der Waals surface area contributed by atoms with Crippen LogP contribution in [0.4, 0.5) is 4.79 Å². The number of aliphatic carboxylic acids is 1. The lowest BCUT2D eigenvalue weighted by molar-refractivity contribution is -0.137. The van der Waals surface area contributed by atoms with Crippen LogP contribution in [-0.4, -0.2) is 41.6 Å². The maximum absolute atomic E-state index is 11.9. The highest BCUT2D eigenvalue weighted by Gasteiger charge is 2.13. The van der Waals surface area contributed by atoms with Crippen molar-refractivity contribution in [2.75, 3.05) is 19.6 Å². The molecule has 0 heterocycles. The molecule has 0 aromatic rings. The third-order valence-electron chi connectivity index (χ3n) is 2.71. The maximum atomic E-state index is 11.9. The lowest BCUT2D eigenvalue weighted by atomic mass is 10.1. The van der Waals surface area contributed by atoms with Crippen LogP contribution in [-0.2, 0) is 4.79 Å². The number of urea groups is 1. The number of carbonyl (C=O) groups is 2. The molecule has 1 atom stereocenters. The minimum absolute atomic E-state index is 0.0617. The number of rotatable bonds is 8. The fourth-order valence-corrected chi connectivity index (χ4v) is 1.64. The summed E-state index contributed by atoms with van der Waals surface area (Å²) in [4.78, 5) is 24.0. The predicted molar refractivity (Wildman–Crippen MR) is 71.5 cm³/mol. The molecule has 0 bridgehead atoms. The molecule has 5 heteroatoms. The van der Waals surface area contributed by atoms with Gasteiger partial charge in [0.15, 0.2) is 0 Å². The highest BCUT2D eigenvalue weighted by Crippen LogP contribution is 2.05. The van der Waals surface area contributed by atoms with E-state index in [1.165, 1.54) is 0 Å². The summed E-state index contributed by atoms with van der Waals surface area (Å²) in [6.07, 6.45) is 0.743. The van der Waals surface area contributed by atoms with Gasteiger partial charge in [-0.3, -0.25) is 4.79 Å². The Balaban J connectivity index is 3.95. The first-order chi connectivity index (χ1) is 8.36. The van der Waals surface area contributed by atoms with Gasteiger partial charge in [-0.25, -0.2) is 4.79 Å². The molecule has 0 radical (unpaired) electrons. The Bertz CT molecular complexity index is 267. The molecule has 0 saturated carbocycles. The molecule has 2 N–H and O–H groups in total. The third-order valence-corrected chi connectivity index (χ3v) is 2.71. The molecule has 0 aliphatic carbocycles. The van der Waals surface area contributed by atoms with E-state index < -0.39 is 5.97 Å². The Morgan fingerprint density at radius 2 is 1.89 bits per heavy atom. The van der Waals surface area contributed by atoms with Gasteiger partial charge in [0, 0.05) is 26.1 Å². The average molecular weight is 258 g/mol. The average Bonchev–Trinajstić information content (AvgIpc) is 2.29. The van der Waals surface area contributed by atoms with Crippen molar-refractivity contribution in [3.05, 3.63) is 0 Å². The minimum atomic E-state index is -0.789. The van der Waals surface area contributed by atoms with E-state index in [1.807, 2.05) is 13.8 Å². The molecule has 1 unspecified atom stereocenters. The van der Waals surface area contributed by atoms with E-state index in [-0.39, 0.29) is 18.4 Å². The zero-order valence-electron chi connectivity index (χ0n) is 11.9. The van der Waals surface area contributed by atoms with E-state index in [0.717, 1.165) is 6.54 Å². The minimum Gasteiger partial charge on any atom is -0.481 e. The Morgan fingerprint density at radius 3 is 2.33 bits per heavy atom. The third kappa shape index (κ3) is 7.92. The molecule has 0 aliphatic heterocycles. The van der Waals surface area contributed by atoms with Gasteiger partial charge in [-0.2, -0.15) is 0 Å². The van der Waals surface area contributed by atoms with Gasteiger partial charge < -0.3 is 15.3 Å². The maximum Gasteiger partial charge on any atom is 0.317 e.